The third kappa shape index (κ3) is 5.98. The monoisotopic (exact) mass is 315 g/mol. The molecule has 0 spiro atoms. The van der Waals surface area contributed by atoms with Gasteiger partial charge in [-0.2, -0.15) is 0 Å². The van der Waals surface area contributed by atoms with Gasteiger partial charge in [-0.15, -0.1) is 0 Å². The summed E-state index contributed by atoms with van der Waals surface area (Å²) in [7, 11) is 1.71. The molecule has 0 aromatic heterocycles. The zero-order chi connectivity index (χ0) is 16.5. The topological polar surface area (TPSA) is 45.7 Å². The van der Waals surface area contributed by atoms with E-state index in [-0.39, 0.29) is 11.9 Å². The Morgan fingerprint density at radius 1 is 1.09 bits per heavy atom. The Morgan fingerprint density at radius 2 is 1.78 bits per heavy atom. The van der Waals surface area contributed by atoms with Gasteiger partial charge < -0.3 is 15.4 Å². The van der Waals surface area contributed by atoms with E-state index in [1.165, 1.54) is 12.1 Å². The van der Waals surface area contributed by atoms with Crippen molar-refractivity contribution in [3.05, 3.63) is 66.0 Å². The number of hydrogen-bond acceptors (Lipinski definition) is 2. The molecular weight excluding hydrogens is 293 g/mol. The molecule has 2 aromatic carbocycles. The van der Waals surface area contributed by atoms with Crippen molar-refractivity contribution in [2.24, 2.45) is 4.99 Å². The van der Waals surface area contributed by atoms with Crippen LogP contribution in [0.5, 0.6) is 5.75 Å². The van der Waals surface area contributed by atoms with Crippen molar-refractivity contribution in [1.29, 1.82) is 0 Å². The first-order chi connectivity index (χ1) is 11.2. The van der Waals surface area contributed by atoms with Crippen molar-refractivity contribution in [3.63, 3.8) is 0 Å². The lowest BCUT2D eigenvalue weighted by Gasteiger charge is -2.17. The Labute approximate surface area is 136 Å². The maximum atomic E-state index is 12.9. The number of para-hydroxylation sites is 1. The van der Waals surface area contributed by atoms with Crippen LogP contribution in [0.4, 0.5) is 4.39 Å². The minimum atomic E-state index is -0.233. The average molecular weight is 315 g/mol. The van der Waals surface area contributed by atoms with Crippen LogP contribution in [0, 0.1) is 5.82 Å². The molecule has 0 aliphatic carbocycles. The second-order valence-corrected chi connectivity index (χ2v) is 5.17. The quantitative estimate of drug-likeness (QED) is 0.636. The minimum absolute atomic E-state index is 0.00164. The first kappa shape index (κ1) is 16.8. The third-order valence-corrected chi connectivity index (χ3v) is 3.23. The standard InChI is InChI=1S/C18H22FN3O/c1-14(23-17-6-4-3-5-7-17)12-21-18(20-2)22-13-15-8-10-16(19)11-9-15/h3-11,14H,12-13H2,1-2H3,(H2,20,21,22). The molecule has 1 unspecified atom stereocenters. The second-order valence-electron chi connectivity index (χ2n) is 5.17. The van der Waals surface area contributed by atoms with Crippen molar-refractivity contribution in [3.8, 4) is 5.75 Å². The molecule has 23 heavy (non-hydrogen) atoms. The summed E-state index contributed by atoms with van der Waals surface area (Å²) in [6.45, 7) is 3.19. The Hall–Kier alpha value is -2.56. The molecule has 1 atom stereocenters. The van der Waals surface area contributed by atoms with Crippen molar-refractivity contribution in [2.45, 2.75) is 19.6 Å². The number of halogens is 1. The van der Waals surface area contributed by atoms with Crippen molar-refractivity contribution in [2.75, 3.05) is 13.6 Å². The van der Waals surface area contributed by atoms with Gasteiger partial charge >= 0.3 is 0 Å². The summed E-state index contributed by atoms with van der Waals surface area (Å²) in [6.07, 6.45) is 0.00164. The Kier molecular flexibility index (Phi) is 6.41. The molecule has 2 rings (SSSR count). The molecule has 0 saturated carbocycles. The third-order valence-electron chi connectivity index (χ3n) is 3.23. The molecule has 2 N–H and O–H groups in total. The maximum absolute atomic E-state index is 12.9. The number of ether oxygens (including phenoxy) is 1. The molecule has 122 valence electrons. The number of nitrogens with zero attached hydrogens (tertiary/aromatic N) is 1. The summed E-state index contributed by atoms with van der Waals surface area (Å²) in [5, 5.41) is 6.40. The number of nitrogens with one attached hydrogen (secondary N) is 2. The van der Waals surface area contributed by atoms with Gasteiger partial charge in [0.1, 0.15) is 17.7 Å². The predicted octanol–water partition coefficient (Wildman–Crippen LogP) is 2.96. The van der Waals surface area contributed by atoms with E-state index in [0.717, 1.165) is 11.3 Å². The first-order valence-corrected chi connectivity index (χ1v) is 7.58. The van der Waals surface area contributed by atoms with Crippen LogP contribution in [0.2, 0.25) is 0 Å². The molecular formula is C18H22FN3O. The minimum Gasteiger partial charge on any atom is -0.489 e. The van der Waals surface area contributed by atoms with E-state index in [1.807, 2.05) is 37.3 Å². The van der Waals surface area contributed by atoms with Gasteiger partial charge in [-0.25, -0.2) is 4.39 Å². The van der Waals surface area contributed by atoms with Gasteiger partial charge in [0, 0.05) is 13.6 Å². The highest BCUT2D eigenvalue weighted by Crippen LogP contribution is 2.10. The van der Waals surface area contributed by atoms with E-state index >= 15 is 0 Å². The van der Waals surface area contributed by atoms with Crippen molar-refractivity contribution < 1.29 is 9.13 Å². The van der Waals surface area contributed by atoms with E-state index in [0.29, 0.717) is 19.0 Å². The second kappa shape index (κ2) is 8.78. The van der Waals surface area contributed by atoms with Gasteiger partial charge in [-0.3, -0.25) is 4.99 Å². The summed E-state index contributed by atoms with van der Waals surface area (Å²) < 4.78 is 18.7. The normalized spacial score (nSPS) is 12.6. The van der Waals surface area contributed by atoms with E-state index in [9.17, 15) is 4.39 Å². The molecule has 0 amide bonds. The molecule has 2 aromatic rings. The number of benzene rings is 2. The fourth-order valence-electron chi connectivity index (χ4n) is 2.02. The van der Waals surface area contributed by atoms with E-state index in [2.05, 4.69) is 15.6 Å². The number of aliphatic imine (C=N–C) groups is 1. The summed E-state index contributed by atoms with van der Waals surface area (Å²) in [5.41, 5.74) is 0.989. The van der Waals surface area contributed by atoms with Gasteiger partial charge in [0.25, 0.3) is 0 Å². The number of guanidine groups is 1. The van der Waals surface area contributed by atoms with Gasteiger partial charge in [-0.05, 0) is 36.8 Å². The molecule has 4 nitrogen and oxygen atoms in total. The van der Waals surface area contributed by atoms with Crippen LogP contribution in [-0.4, -0.2) is 25.7 Å². The van der Waals surface area contributed by atoms with Gasteiger partial charge in [-0.1, -0.05) is 30.3 Å². The van der Waals surface area contributed by atoms with Crippen LogP contribution in [0.3, 0.4) is 0 Å². The van der Waals surface area contributed by atoms with Crippen LogP contribution in [0.1, 0.15) is 12.5 Å². The van der Waals surface area contributed by atoms with Crippen molar-refractivity contribution >= 4 is 5.96 Å². The van der Waals surface area contributed by atoms with E-state index in [1.54, 1.807) is 19.2 Å². The summed E-state index contributed by atoms with van der Waals surface area (Å²) in [4.78, 5) is 4.16. The first-order valence-electron chi connectivity index (χ1n) is 7.58. The molecule has 0 aliphatic rings. The smallest absolute Gasteiger partial charge is 0.191 e. The van der Waals surface area contributed by atoms with Crippen LogP contribution >= 0.6 is 0 Å². The Balaban J connectivity index is 1.75. The molecule has 0 fully saturated rings. The zero-order valence-electron chi connectivity index (χ0n) is 13.4. The lowest BCUT2D eigenvalue weighted by molar-refractivity contribution is 0.224. The maximum Gasteiger partial charge on any atom is 0.191 e. The van der Waals surface area contributed by atoms with Gasteiger partial charge in [0.2, 0.25) is 0 Å². The highest BCUT2D eigenvalue weighted by molar-refractivity contribution is 5.79. The Morgan fingerprint density at radius 3 is 2.43 bits per heavy atom. The highest BCUT2D eigenvalue weighted by atomic mass is 19.1. The van der Waals surface area contributed by atoms with E-state index < -0.39 is 0 Å². The fraction of sp³-hybridized carbons (Fsp3) is 0.278. The largest absolute Gasteiger partial charge is 0.489 e. The Bertz CT molecular complexity index is 614. The predicted molar refractivity (Wildman–Crippen MR) is 91.1 cm³/mol. The molecule has 0 saturated heterocycles. The summed E-state index contributed by atoms with van der Waals surface area (Å²) >= 11 is 0. The number of hydrogen-bond donors (Lipinski definition) is 2. The lowest BCUT2D eigenvalue weighted by Crippen LogP contribution is -2.41. The molecule has 0 radical (unpaired) electrons. The SMILES string of the molecule is CN=C(NCc1ccc(F)cc1)NCC(C)Oc1ccccc1. The lowest BCUT2D eigenvalue weighted by atomic mass is 10.2. The summed E-state index contributed by atoms with van der Waals surface area (Å²) in [5.74, 6) is 1.29. The molecule has 0 bridgehead atoms. The van der Waals surface area contributed by atoms with E-state index in [4.69, 9.17) is 4.74 Å². The van der Waals surface area contributed by atoms with Gasteiger partial charge in [0.05, 0.1) is 6.54 Å². The molecule has 0 heterocycles. The average Bonchev–Trinajstić information content (AvgIpc) is 2.57. The van der Waals surface area contributed by atoms with Crippen molar-refractivity contribution in [1.82, 2.24) is 10.6 Å². The van der Waals surface area contributed by atoms with Crippen LogP contribution in [0.25, 0.3) is 0 Å². The van der Waals surface area contributed by atoms with Crippen LogP contribution in [0.15, 0.2) is 59.6 Å². The zero-order valence-corrected chi connectivity index (χ0v) is 13.4. The molecule has 0 aliphatic heterocycles. The number of rotatable bonds is 6. The summed E-state index contributed by atoms with van der Waals surface area (Å²) in [6, 6.07) is 16.1. The van der Waals surface area contributed by atoms with Crippen LogP contribution < -0.4 is 15.4 Å². The fourth-order valence-corrected chi connectivity index (χ4v) is 2.02. The van der Waals surface area contributed by atoms with Crippen LogP contribution in [-0.2, 0) is 6.54 Å². The van der Waals surface area contributed by atoms with Gasteiger partial charge in [0.15, 0.2) is 5.96 Å². The highest BCUT2D eigenvalue weighted by Gasteiger charge is 2.05. The molecule has 5 heteroatoms.